The Morgan fingerprint density at radius 1 is 1.26 bits per heavy atom. The first-order chi connectivity index (χ1) is 9.09. The summed E-state index contributed by atoms with van der Waals surface area (Å²) in [7, 11) is -3.24. The van der Waals surface area contributed by atoms with Crippen molar-refractivity contribution in [3.63, 3.8) is 0 Å². The van der Waals surface area contributed by atoms with Crippen LogP contribution in [0, 0.1) is 5.92 Å². The standard InChI is InChI=1S/C13H20N2O2S2/c1-18-13-4-2-12(3-5-13)15-19(16,17)10-11-6-8-14-9-7-11/h2-5,11,14-15H,6-10H2,1H3. The zero-order chi connectivity index (χ0) is 13.7. The lowest BCUT2D eigenvalue weighted by molar-refractivity contribution is 0.402. The second-order valence-electron chi connectivity index (χ2n) is 4.81. The normalized spacial score (nSPS) is 17.3. The van der Waals surface area contributed by atoms with Crippen LogP contribution in [0.4, 0.5) is 5.69 Å². The molecule has 0 atom stereocenters. The lowest BCUT2D eigenvalue weighted by Gasteiger charge is -2.22. The maximum Gasteiger partial charge on any atom is 0.232 e. The highest BCUT2D eigenvalue weighted by Gasteiger charge is 2.21. The minimum absolute atomic E-state index is 0.221. The van der Waals surface area contributed by atoms with Gasteiger partial charge in [-0.2, -0.15) is 0 Å². The van der Waals surface area contributed by atoms with Crippen molar-refractivity contribution in [3.8, 4) is 0 Å². The SMILES string of the molecule is CSc1ccc(NS(=O)(=O)CC2CCNCC2)cc1. The minimum Gasteiger partial charge on any atom is -0.317 e. The van der Waals surface area contributed by atoms with Gasteiger partial charge < -0.3 is 5.32 Å². The van der Waals surface area contributed by atoms with E-state index in [1.54, 1.807) is 11.8 Å². The summed E-state index contributed by atoms with van der Waals surface area (Å²) in [5, 5.41) is 3.25. The van der Waals surface area contributed by atoms with Crippen molar-refractivity contribution in [1.82, 2.24) is 5.32 Å². The van der Waals surface area contributed by atoms with Gasteiger partial charge in [0.25, 0.3) is 0 Å². The van der Waals surface area contributed by atoms with Crippen LogP contribution < -0.4 is 10.0 Å². The molecule has 0 aromatic heterocycles. The molecule has 1 fully saturated rings. The molecule has 1 aromatic rings. The molecule has 0 radical (unpaired) electrons. The van der Waals surface area contributed by atoms with Crippen molar-refractivity contribution < 1.29 is 8.42 Å². The number of rotatable bonds is 5. The summed E-state index contributed by atoms with van der Waals surface area (Å²) >= 11 is 1.64. The Bertz CT molecular complexity index is 494. The molecule has 6 heteroatoms. The Hall–Kier alpha value is -0.720. The zero-order valence-electron chi connectivity index (χ0n) is 11.1. The Morgan fingerprint density at radius 2 is 1.89 bits per heavy atom. The Kier molecular flexibility index (Phi) is 5.13. The molecule has 0 amide bonds. The number of nitrogens with one attached hydrogen (secondary N) is 2. The average Bonchev–Trinajstić information content (AvgIpc) is 2.39. The zero-order valence-corrected chi connectivity index (χ0v) is 12.7. The van der Waals surface area contributed by atoms with Crippen LogP contribution in [-0.2, 0) is 10.0 Å². The van der Waals surface area contributed by atoms with Crippen molar-refractivity contribution in [3.05, 3.63) is 24.3 Å². The first kappa shape index (κ1) is 14.7. The van der Waals surface area contributed by atoms with Crippen LogP contribution in [0.2, 0.25) is 0 Å². The molecule has 0 bridgehead atoms. The molecule has 2 N–H and O–H groups in total. The van der Waals surface area contributed by atoms with E-state index in [1.165, 1.54) is 0 Å². The van der Waals surface area contributed by atoms with E-state index in [9.17, 15) is 8.42 Å². The quantitative estimate of drug-likeness (QED) is 0.818. The van der Waals surface area contributed by atoms with Gasteiger partial charge in [-0.3, -0.25) is 4.72 Å². The number of hydrogen-bond acceptors (Lipinski definition) is 4. The van der Waals surface area contributed by atoms with Gasteiger partial charge in [0.05, 0.1) is 5.75 Å². The van der Waals surface area contributed by atoms with Crippen LogP contribution in [0.5, 0.6) is 0 Å². The molecule has 0 saturated carbocycles. The van der Waals surface area contributed by atoms with Crippen molar-refractivity contribution in [2.24, 2.45) is 5.92 Å². The van der Waals surface area contributed by atoms with Gasteiger partial charge in [0, 0.05) is 10.6 Å². The molecular formula is C13H20N2O2S2. The van der Waals surface area contributed by atoms with Gasteiger partial charge in [-0.05, 0) is 62.4 Å². The van der Waals surface area contributed by atoms with Crippen LogP contribution in [0.25, 0.3) is 0 Å². The Labute approximate surface area is 119 Å². The van der Waals surface area contributed by atoms with Gasteiger partial charge in [-0.25, -0.2) is 8.42 Å². The first-order valence-corrected chi connectivity index (χ1v) is 9.32. The maximum atomic E-state index is 12.1. The molecule has 0 aliphatic carbocycles. The smallest absolute Gasteiger partial charge is 0.232 e. The fourth-order valence-electron chi connectivity index (χ4n) is 2.24. The Balaban J connectivity index is 1.95. The van der Waals surface area contributed by atoms with Crippen LogP contribution in [0.15, 0.2) is 29.2 Å². The number of piperidine rings is 1. The molecular weight excluding hydrogens is 280 g/mol. The highest BCUT2D eigenvalue weighted by Crippen LogP contribution is 2.20. The molecule has 0 spiro atoms. The predicted octanol–water partition coefficient (Wildman–Crippen LogP) is 2.15. The largest absolute Gasteiger partial charge is 0.317 e. The fraction of sp³-hybridized carbons (Fsp3) is 0.538. The Morgan fingerprint density at radius 3 is 2.47 bits per heavy atom. The van der Waals surface area contributed by atoms with Gasteiger partial charge in [0.1, 0.15) is 0 Å². The van der Waals surface area contributed by atoms with Gasteiger partial charge in [-0.1, -0.05) is 0 Å². The third-order valence-electron chi connectivity index (χ3n) is 3.28. The molecule has 1 heterocycles. The molecule has 1 saturated heterocycles. The number of hydrogen-bond donors (Lipinski definition) is 2. The van der Waals surface area contributed by atoms with E-state index >= 15 is 0 Å². The van der Waals surface area contributed by atoms with Crippen LogP contribution >= 0.6 is 11.8 Å². The number of benzene rings is 1. The van der Waals surface area contributed by atoms with Gasteiger partial charge in [0.15, 0.2) is 0 Å². The molecule has 2 rings (SSSR count). The lowest BCUT2D eigenvalue weighted by Crippen LogP contribution is -2.33. The summed E-state index contributed by atoms with van der Waals surface area (Å²) in [6, 6.07) is 7.47. The van der Waals surface area contributed by atoms with Crippen molar-refractivity contribution in [1.29, 1.82) is 0 Å². The number of thioether (sulfide) groups is 1. The van der Waals surface area contributed by atoms with E-state index in [0.29, 0.717) is 5.69 Å². The molecule has 1 aromatic carbocycles. The number of sulfonamides is 1. The molecule has 4 nitrogen and oxygen atoms in total. The van der Waals surface area contributed by atoms with Gasteiger partial charge >= 0.3 is 0 Å². The van der Waals surface area contributed by atoms with Crippen LogP contribution in [0.1, 0.15) is 12.8 Å². The predicted molar refractivity (Wildman–Crippen MR) is 81.2 cm³/mol. The third kappa shape index (κ3) is 4.71. The van der Waals surface area contributed by atoms with Crippen molar-refractivity contribution >= 4 is 27.5 Å². The maximum absolute atomic E-state index is 12.1. The topological polar surface area (TPSA) is 58.2 Å². The van der Waals surface area contributed by atoms with Crippen molar-refractivity contribution in [2.75, 3.05) is 29.8 Å². The summed E-state index contributed by atoms with van der Waals surface area (Å²) in [6.45, 7) is 1.84. The lowest BCUT2D eigenvalue weighted by atomic mass is 10.0. The summed E-state index contributed by atoms with van der Waals surface area (Å²) in [6.07, 6.45) is 3.87. The van der Waals surface area contributed by atoms with Crippen molar-refractivity contribution in [2.45, 2.75) is 17.7 Å². The minimum atomic E-state index is -3.24. The van der Waals surface area contributed by atoms with E-state index in [4.69, 9.17) is 0 Å². The average molecular weight is 300 g/mol. The van der Waals surface area contributed by atoms with E-state index < -0.39 is 10.0 Å². The molecule has 106 valence electrons. The van der Waals surface area contributed by atoms with E-state index in [1.807, 2.05) is 30.5 Å². The van der Waals surface area contributed by atoms with E-state index in [2.05, 4.69) is 10.0 Å². The van der Waals surface area contributed by atoms with Crippen LogP contribution in [0.3, 0.4) is 0 Å². The van der Waals surface area contributed by atoms with E-state index in [-0.39, 0.29) is 11.7 Å². The molecule has 0 unspecified atom stereocenters. The molecule has 19 heavy (non-hydrogen) atoms. The first-order valence-electron chi connectivity index (χ1n) is 6.44. The third-order valence-corrected chi connectivity index (χ3v) is 5.48. The summed E-state index contributed by atoms with van der Waals surface area (Å²) in [5.41, 5.74) is 0.645. The monoisotopic (exact) mass is 300 g/mol. The van der Waals surface area contributed by atoms with Gasteiger partial charge in [0.2, 0.25) is 10.0 Å². The fourth-order valence-corrected chi connectivity index (χ4v) is 4.18. The summed E-state index contributed by atoms with van der Waals surface area (Å²) in [4.78, 5) is 1.13. The second-order valence-corrected chi connectivity index (χ2v) is 7.45. The second kappa shape index (κ2) is 6.63. The van der Waals surface area contributed by atoms with Crippen LogP contribution in [-0.4, -0.2) is 33.5 Å². The highest BCUT2D eigenvalue weighted by molar-refractivity contribution is 7.98. The molecule has 1 aliphatic rings. The molecule has 1 aliphatic heterocycles. The van der Waals surface area contributed by atoms with Gasteiger partial charge in [-0.15, -0.1) is 11.8 Å². The number of anilines is 1. The van der Waals surface area contributed by atoms with E-state index in [0.717, 1.165) is 30.8 Å². The highest BCUT2D eigenvalue weighted by atomic mass is 32.2. The summed E-state index contributed by atoms with van der Waals surface area (Å²) in [5.74, 6) is 0.489. The summed E-state index contributed by atoms with van der Waals surface area (Å²) < 4.78 is 26.8.